The van der Waals surface area contributed by atoms with Crippen molar-refractivity contribution < 1.29 is 18.3 Å². The first-order chi connectivity index (χ1) is 14.9. The smallest absolute Gasteiger partial charge is 0.387 e. The normalized spacial score (nSPS) is 13.7. The first kappa shape index (κ1) is 25.8. The van der Waals surface area contributed by atoms with Crippen molar-refractivity contribution in [3.8, 4) is 5.75 Å². The Morgan fingerprint density at radius 1 is 1.16 bits per heavy atom. The molecule has 32 heavy (non-hydrogen) atoms. The van der Waals surface area contributed by atoms with E-state index in [0.29, 0.717) is 18.1 Å². The van der Waals surface area contributed by atoms with Crippen molar-refractivity contribution in [1.29, 1.82) is 0 Å². The Kier molecular flexibility index (Phi) is 10.1. The summed E-state index contributed by atoms with van der Waals surface area (Å²) in [5.74, 6) is 0.867. The summed E-state index contributed by atoms with van der Waals surface area (Å²) >= 11 is 0. The molecule has 3 rings (SSSR count). The number of ether oxygens (including phenoxy) is 1. The number of carbonyl (C=O) groups is 1. The molecule has 1 aliphatic carbocycles. The molecule has 0 heterocycles. The number of nitrogens with zero attached hydrogens (tertiary/aromatic N) is 1. The Hall–Kier alpha value is -2.43. The molecule has 2 aromatic carbocycles. The van der Waals surface area contributed by atoms with Gasteiger partial charge in [0.1, 0.15) is 5.75 Å². The van der Waals surface area contributed by atoms with Crippen LogP contribution in [0.5, 0.6) is 5.75 Å². The monoisotopic (exact) mass is 558 g/mol. The number of alkyl halides is 2. The van der Waals surface area contributed by atoms with Crippen LogP contribution in [-0.4, -0.2) is 25.5 Å². The number of benzene rings is 2. The second kappa shape index (κ2) is 12.6. The maximum Gasteiger partial charge on any atom is 0.387 e. The fraction of sp³-hybridized carbons (Fsp3) is 0.391. The van der Waals surface area contributed by atoms with Gasteiger partial charge in [-0.15, -0.1) is 24.0 Å². The lowest BCUT2D eigenvalue weighted by Gasteiger charge is -2.24. The number of aryl methyl sites for hydroxylation is 1. The fourth-order valence-corrected chi connectivity index (χ4v) is 3.32. The van der Waals surface area contributed by atoms with Crippen molar-refractivity contribution in [2.45, 2.75) is 45.9 Å². The lowest BCUT2D eigenvalue weighted by Crippen LogP contribution is -2.36. The van der Waals surface area contributed by atoms with Crippen LogP contribution in [0.2, 0.25) is 0 Å². The first-order valence-corrected chi connectivity index (χ1v) is 10.3. The Morgan fingerprint density at radius 2 is 1.91 bits per heavy atom. The van der Waals surface area contributed by atoms with E-state index in [4.69, 9.17) is 0 Å². The van der Waals surface area contributed by atoms with Crippen LogP contribution in [0, 0.1) is 12.8 Å². The van der Waals surface area contributed by atoms with Crippen LogP contribution in [0.4, 0.5) is 14.5 Å². The van der Waals surface area contributed by atoms with Crippen molar-refractivity contribution in [2.75, 3.05) is 12.4 Å². The van der Waals surface area contributed by atoms with E-state index >= 15 is 0 Å². The predicted octanol–water partition coefficient (Wildman–Crippen LogP) is 4.82. The van der Waals surface area contributed by atoms with Crippen LogP contribution in [-0.2, 0) is 17.9 Å². The van der Waals surface area contributed by atoms with E-state index in [1.54, 1.807) is 19.2 Å². The number of aliphatic imine (C=N–C) groups is 1. The Bertz CT molecular complexity index is 936. The molecule has 0 aromatic heterocycles. The van der Waals surface area contributed by atoms with Gasteiger partial charge >= 0.3 is 6.61 Å². The van der Waals surface area contributed by atoms with Crippen LogP contribution in [0.1, 0.15) is 36.0 Å². The van der Waals surface area contributed by atoms with Gasteiger partial charge in [0.15, 0.2) is 5.96 Å². The summed E-state index contributed by atoms with van der Waals surface area (Å²) in [6.45, 7) is -0.225. The number of carbonyl (C=O) groups excluding carboxylic acids is 1. The van der Waals surface area contributed by atoms with Gasteiger partial charge in [-0.25, -0.2) is 0 Å². The molecular formula is C23H29F2IN4O2. The number of halogens is 3. The molecule has 1 fully saturated rings. The lowest BCUT2D eigenvalue weighted by molar-refractivity contribution is -0.122. The molecular weight excluding hydrogens is 529 g/mol. The van der Waals surface area contributed by atoms with Gasteiger partial charge < -0.3 is 20.7 Å². The standard InChI is InChI=1S/C23H28F2N4O2.HI/c1-15-9-10-20(31-22(24)25)18(11-15)14-28-23(26-2)27-13-16-5-3-8-19(12-16)29-21(30)17-6-4-7-17;/h3,5,8-12,17,22H,4,6-7,13-14H2,1-2H3,(H,29,30)(H2,26,27,28);1H. The molecule has 9 heteroatoms. The molecule has 1 amide bonds. The van der Waals surface area contributed by atoms with Crippen LogP contribution < -0.4 is 20.7 Å². The molecule has 6 nitrogen and oxygen atoms in total. The van der Waals surface area contributed by atoms with Crippen molar-refractivity contribution in [2.24, 2.45) is 10.9 Å². The zero-order valence-corrected chi connectivity index (χ0v) is 20.5. The zero-order chi connectivity index (χ0) is 22.2. The van der Waals surface area contributed by atoms with E-state index in [1.807, 2.05) is 31.2 Å². The minimum Gasteiger partial charge on any atom is -0.434 e. The highest BCUT2D eigenvalue weighted by molar-refractivity contribution is 14.0. The first-order valence-electron chi connectivity index (χ1n) is 10.3. The number of hydrogen-bond acceptors (Lipinski definition) is 3. The molecule has 0 unspecified atom stereocenters. The van der Waals surface area contributed by atoms with Crippen molar-refractivity contribution in [3.05, 3.63) is 59.2 Å². The van der Waals surface area contributed by atoms with Crippen LogP contribution in [0.3, 0.4) is 0 Å². The summed E-state index contributed by atoms with van der Waals surface area (Å²) in [4.78, 5) is 16.3. The molecule has 1 saturated carbocycles. The number of nitrogens with one attached hydrogen (secondary N) is 3. The van der Waals surface area contributed by atoms with Gasteiger partial charge in [-0.1, -0.05) is 36.2 Å². The Labute approximate surface area is 204 Å². The highest BCUT2D eigenvalue weighted by Crippen LogP contribution is 2.27. The molecule has 2 aromatic rings. The number of amides is 1. The maximum atomic E-state index is 12.6. The second-order valence-electron chi connectivity index (χ2n) is 7.59. The fourth-order valence-electron chi connectivity index (χ4n) is 3.32. The van der Waals surface area contributed by atoms with E-state index in [1.165, 1.54) is 6.07 Å². The number of hydrogen-bond donors (Lipinski definition) is 3. The summed E-state index contributed by atoms with van der Waals surface area (Å²) in [5, 5.41) is 9.28. The average molecular weight is 558 g/mol. The minimum atomic E-state index is -2.88. The van der Waals surface area contributed by atoms with E-state index in [0.717, 1.165) is 36.1 Å². The predicted molar refractivity (Wildman–Crippen MR) is 133 cm³/mol. The van der Waals surface area contributed by atoms with E-state index in [2.05, 4.69) is 25.7 Å². The largest absolute Gasteiger partial charge is 0.434 e. The Balaban J connectivity index is 0.00000363. The molecule has 3 N–H and O–H groups in total. The maximum absolute atomic E-state index is 12.6. The van der Waals surface area contributed by atoms with Gasteiger partial charge in [0.2, 0.25) is 5.91 Å². The summed E-state index contributed by atoms with van der Waals surface area (Å²) in [6, 6.07) is 12.7. The van der Waals surface area contributed by atoms with Crippen molar-refractivity contribution in [1.82, 2.24) is 10.6 Å². The Morgan fingerprint density at radius 3 is 2.56 bits per heavy atom. The van der Waals surface area contributed by atoms with Gasteiger partial charge in [-0.3, -0.25) is 9.79 Å². The summed E-state index contributed by atoms with van der Waals surface area (Å²) in [7, 11) is 1.64. The molecule has 174 valence electrons. The van der Waals surface area contributed by atoms with Crippen LogP contribution in [0.25, 0.3) is 0 Å². The number of guanidine groups is 1. The van der Waals surface area contributed by atoms with E-state index in [9.17, 15) is 13.6 Å². The van der Waals surface area contributed by atoms with Crippen molar-refractivity contribution in [3.63, 3.8) is 0 Å². The van der Waals surface area contributed by atoms with E-state index < -0.39 is 6.61 Å². The zero-order valence-electron chi connectivity index (χ0n) is 18.2. The third kappa shape index (κ3) is 7.61. The summed E-state index contributed by atoms with van der Waals surface area (Å²) in [6.07, 6.45) is 3.03. The molecule has 0 atom stereocenters. The van der Waals surface area contributed by atoms with Gasteiger partial charge in [-0.05, 0) is 43.5 Å². The lowest BCUT2D eigenvalue weighted by atomic mass is 9.85. The number of rotatable bonds is 8. The van der Waals surface area contributed by atoms with Crippen molar-refractivity contribution >= 4 is 41.5 Å². The number of anilines is 1. The molecule has 0 spiro atoms. The third-order valence-electron chi connectivity index (χ3n) is 5.23. The van der Waals surface area contributed by atoms with Gasteiger partial charge in [0.05, 0.1) is 0 Å². The van der Waals surface area contributed by atoms with Crippen LogP contribution in [0.15, 0.2) is 47.5 Å². The van der Waals surface area contributed by atoms with E-state index in [-0.39, 0.29) is 48.1 Å². The topological polar surface area (TPSA) is 74.8 Å². The van der Waals surface area contributed by atoms with Gasteiger partial charge in [0, 0.05) is 37.3 Å². The molecule has 0 aliphatic heterocycles. The molecule has 1 aliphatic rings. The molecule has 0 radical (unpaired) electrons. The summed E-state index contributed by atoms with van der Waals surface area (Å²) in [5.41, 5.74) is 3.31. The second-order valence-corrected chi connectivity index (χ2v) is 7.59. The quantitative estimate of drug-likeness (QED) is 0.247. The van der Waals surface area contributed by atoms with Crippen LogP contribution >= 0.6 is 24.0 Å². The SMILES string of the molecule is CN=C(NCc1cccc(NC(=O)C2CCC2)c1)NCc1cc(C)ccc1OC(F)F.I. The third-order valence-corrected chi connectivity index (χ3v) is 5.23. The molecule has 0 saturated heterocycles. The van der Waals surface area contributed by atoms with Gasteiger partial charge in [-0.2, -0.15) is 8.78 Å². The molecule has 0 bridgehead atoms. The average Bonchev–Trinajstić information content (AvgIpc) is 2.68. The van der Waals surface area contributed by atoms with Gasteiger partial charge in [0.25, 0.3) is 0 Å². The highest BCUT2D eigenvalue weighted by atomic mass is 127. The minimum absolute atomic E-state index is 0. The summed E-state index contributed by atoms with van der Waals surface area (Å²) < 4.78 is 29.9. The highest BCUT2D eigenvalue weighted by Gasteiger charge is 2.25.